The van der Waals surface area contributed by atoms with E-state index in [1.807, 2.05) is 24.1 Å². The molecule has 1 fully saturated rings. The number of aromatic nitrogens is 3. The summed E-state index contributed by atoms with van der Waals surface area (Å²) in [5.41, 5.74) is 3.66. The zero-order valence-electron chi connectivity index (χ0n) is 15.3. The van der Waals surface area contributed by atoms with Gasteiger partial charge in [0.1, 0.15) is 0 Å². The maximum absolute atomic E-state index is 13.0. The lowest BCUT2D eigenvalue weighted by Crippen LogP contribution is -2.39. The van der Waals surface area contributed by atoms with Crippen molar-refractivity contribution in [2.75, 3.05) is 13.1 Å². The molecular weight excluding hydrogens is 324 g/mol. The highest BCUT2D eigenvalue weighted by Gasteiger charge is 2.28. The Bertz CT molecular complexity index is 946. The molecule has 0 aliphatic carbocycles. The minimum Gasteiger partial charge on any atom is -0.337 e. The number of aromatic amines is 1. The lowest BCUT2D eigenvalue weighted by Gasteiger charge is -2.32. The molecule has 1 aliphatic heterocycles. The Morgan fingerprint density at radius 3 is 2.88 bits per heavy atom. The van der Waals surface area contributed by atoms with Gasteiger partial charge >= 0.3 is 0 Å². The van der Waals surface area contributed by atoms with Crippen molar-refractivity contribution >= 4 is 16.7 Å². The number of rotatable bonds is 3. The highest BCUT2D eigenvalue weighted by atomic mass is 16.2. The first-order valence-electron chi connectivity index (χ1n) is 9.35. The molecule has 0 radical (unpaired) electrons. The van der Waals surface area contributed by atoms with Crippen LogP contribution in [0.5, 0.6) is 0 Å². The molecule has 1 atom stereocenters. The first-order chi connectivity index (χ1) is 12.7. The molecule has 1 aliphatic rings. The van der Waals surface area contributed by atoms with E-state index >= 15 is 0 Å². The van der Waals surface area contributed by atoms with Gasteiger partial charge in [-0.05, 0) is 37.6 Å². The Hall–Kier alpha value is -2.69. The van der Waals surface area contributed by atoms with Crippen molar-refractivity contribution in [1.82, 2.24) is 20.1 Å². The summed E-state index contributed by atoms with van der Waals surface area (Å²) >= 11 is 0. The molecule has 1 amide bonds. The fraction of sp³-hybridized carbons (Fsp3) is 0.381. The number of benzene rings is 1. The van der Waals surface area contributed by atoms with Gasteiger partial charge < -0.3 is 4.90 Å². The first kappa shape index (κ1) is 16.8. The van der Waals surface area contributed by atoms with Crippen LogP contribution in [0.2, 0.25) is 0 Å². The van der Waals surface area contributed by atoms with Gasteiger partial charge in [0.05, 0.1) is 0 Å². The topological polar surface area (TPSA) is 61.9 Å². The average Bonchev–Trinajstić information content (AvgIpc) is 3.07. The quantitative estimate of drug-likeness (QED) is 0.782. The molecule has 26 heavy (non-hydrogen) atoms. The van der Waals surface area contributed by atoms with E-state index in [4.69, 9.17) is 0 Å². The molecule has 0 saturated carbocycles. The van der Waals surface area contributed by atoms with E-state index in [-0.39, 0.29) is 11.8 Å². The first-order valence-corrected chi connectivity index (χ1v) is 9.35. The number of likely N-dealkylation sites (tertiary alicyclic amines) is 1. The van der Waals surface area contributed by atoms with Crippen LogP contribution in [0.4, 0.5) is 0 Å². The van der Waals surface area contributed by atoms with Gasteiger partial charge in [0.25, 0.3) is 5.91 Å². The molecule has 1 saturated heterocycles. The van der Waals surface area contributed by atoms with Gasteiger partial charge in [-0.25, -0.2) is 0 Å². The van der Waals surface area contributed by atoms with Crippen LogP contribution in [0, 0.1) is 6.92 Å². The Labute approximate surface area is 153 Å². The summed E-state index contributed by atoms with van der Waals surface area (Å²) in [4.78, 5) is 19.6. The molecule has 3 aromatic rings. The molecule has 4 rings (SSSR count). The lowest BCUT2D eigenvalue weighted by molar-refractivity contribution is 0.0699. The van der Waals surface area contributed by atoms with E-state index in [1.165, 1.54) is 5.39 Å². The van der Waals surface area contributed by atoms with Crippen LogP contribution in [0.25, 0.3) is 10.8 Å². The van der Waals surface area contributed by atoms with Crippen molar-refractivity contribution in [3.8, 4) is 0 Å². The Balaban J connectivity index is 1.56. The van der Waals surface area contributed by atoms with Crippen molar-refractivity contribution in [2.24, 2.45) is 0 Å². The second kappa shape index (κ2) is 6.90. The van der Waals surface area contributed by atoms with Crippen LogP contribution in [-0.4, -0.2) is 39.1 Å². The minimum atomic E-state index is 0.0314. The second-order valence-electron chi connectivity index (χ2n) is 7.08. The fourth-order valence-electron chi connectivity index (χ4n) is 3.86. The van der Waals surface area contributed by atoms with Crippen LogP contribution in [0.1, 0.15) is 53.1 Å². The molecule has 3 heterocycles. The summed E-state index contributed by atoms with van der Waals surface area (Å²) in [5, 5.41) is 9.62. The second-order valence-corrected chi connectivity index (χ2v) is 7.08. The summed E-state index contributed by atoms with van der Waals surface area (Å²) in [6.45, 7) is 5.54. The average molecular weight is 348 g/mol. The van der Waals surface area contributed by atoms with Crippen LogP contribution in [0.3, 0.4) is 0 Å². The van der Waals surface area contributed by atoms with Crippen molar-refractivity contribution in [2.45, 2.75) is 39.0 Å². The van der Waals surface area contributed by atoms with Gasteiger partial charge in [0, 0.05) is 47.5 Å². The minimum absolute atomic E-state index is 0.0314. The summed E-state index contributed by atoms with van der Waals surface area (Å²) < 4.78 is 0. The van der Waals surface area contributed by atoms with Crippen LogP contribution in [-0.2, 0) is 6.42 Å². The summed E-state index contributed by atoms with van der Waals surface area (Å²) in [6.07, 6.45) is 4.86. The summed E-state index contributed by atoms with van der Waals surface area (Å²) in [5.74, 6) is 0.311. The largest absolute Gasteiger partial charge is 0.337 e. The zero-order valence-corrected chi connectivity index (χ0v) is 15.3. The van der Waals surface area contributed by atoms with Crippen LogP contribution in [0.15, 0.2) is 36.5 Å². The van der Waals surface area contributed by atoms with E-state index in [9.17, 15) is 4.79 Å². The highest BCUT2D eigenvalue weighted by molar-refractivity contribution is 5.94. The molecule has 134 valence electrons. The number of carbonyl (C=O) groups is 1. The number of nitrogens with one attached hydrogen (secondary N) is 1. The third-order valence-corrected chi connectivity index (χ3v) is 5.45. The van der Waals surface area contributed by atoms with Crippen LogP contribution >= 0.6 is 0 Å². The molecule has 1 N–H and O–H groups in total. The summed E-state index contributed by atoms with van der Waals surface area (Å²) in [7, 11) is 0. The normalized spacial score (nSPS) is 17.6. The predicted molar refractivity (Wildman–Crippen MR) is 102 cm³/mol. The zero-order chi connectivity index (χ0) is 18.1. The van der Waals surface area contributed by atoms with Crippen molar-refractivity contribution in [1.29, 1.82) is 0 Å². The van der Waals surface area contributed by atoms with E-state index in [0.29, 0.717) is 12.2 Å². The van der Waals surface area contributed by atoms with E-state index < -0.39 is 0 Å². The molecule has 0 bridgehead atoms. The number of carbonyl (C=O) groups excluding carboxylic acids is 1. The van der Waals surface area contributed by atoms with E-state index in [2.05, 4.69) is 46.4 Å². The number of H-pyrrole nitrogens is 1. The molecule has 1 aromatic carbocycles. The Kier molecular flexibility index (Phi) is 4.45. The third kappa shape index (κ3) is 2.98. The predicted octanol–water partition coefficient (Wildman–Crippen LogP) is 3.85. The van der Waals surface area contributed by atoms with Gasteiger partial charge in [-0.1, -0.05) is 31.2 Å². The van der Waals surface area contributed by atoms with Gasteiger partial charge in [0.15, 0.2) is 5.69 Å². The molecule has 5 nitrogen and oxygen atoms in total. The Morgan fingerprint density at radius 2 is 2.12 bits per heavy atom. The van der Waals surface area contributed by atoms with Crippen LogP contribution < -0.4 is 0 Å². The van der Waals surface area contributed by atoms with Crippen molar-refractivity contribution < 1.29 is 4.79 Å². The Morgan fingerprint density at radius 1 is 1.31 bits per heavy atom. The number of aryl methyl sites for hydroxylation is 1. The maximum atomic E-state index is 13.0. The van der Waals surface area contributed by atoms with Crippen molar-refractivity contribution in [3.05, 3.63) is 59.2 Å². The van der Waals surface area contributed by atoms with Gasteiger partial charge in [-0.3, -0.25) is 14.9 Å². The third-order valence-electron chi connectivity index (χ3n) is 5.45. The number of pyridine rings is 1. The fourth-order valence-corrected chi connectivity index (χ4v) is 3.86. The van der Waals surface area contributed by atoms with E-state index in [0.717, 1.165) is 48.1 Å². The number of hydrogen-bond acceptors (Lipinski definition) is 3. The molecule has 0 spiro atoms. The van der Waals surface area contributed by atoms with Gasteiger partial charge in [-0.2, -0.15) is 5.10 Å². The number of hydrogen-bond donors (Lipinski definition) is 1. The number of piperidine rings is 1. The maximum Gasteiger partial charge on any atom is 0.274 e. The monoisotopic (exact) mass is 348 g/mol. The van der Waals surface area contributed by atoms with Gasteiger partial charge in [-0.15, -0.1) is 0 Å². The van der Waals surface area contributed by atoms with Gasteiger partial charge in [0.2, 0.25) is 0 Å². The number of fused-ring (bicyclic) bond motifs is 1. The number of nitrogens with zero attached hydrogens (tertiary/aromatic N) is 3. The smallest absolute Gasteiger partial charge is 0.274 e. The standard InChI is InChI=1S/C21H24N4O/c1-3-18-14(2)20(24-23-18)21(26)25-10-6-9-17(13-25)19-11-15-7-4-5-8-16(15)12-22-19/h4-5,7-8,11-12,17H,3,6,9-10,13H2,1-2H3,(H,23,24). The number of amides is 1. The van der Waals surface area contributed by atoms with E-state index in [1.54, 1.807) is 0 Å². The molecular formula is C21H24N4O. The summed E-state index contributed by atoms with van der Waals surface area (Å²) in [6, 6.07) is 10.4. The molecule has 2 aromatic heterocycles. The molecule has 1 unspecified atom stereocenters. The molecule has 5 heteroatoms. The highest BCUT2D eigenvalue weighted by Crippen LogP contribution is 2.28. The lowest BCUT2D eigenvalue weighted by atomic mass is 9.93. The SMILES string of the molecule is CCc1[nH]nc(C(=O)N2CCCC(c3cc4ccccc4cn3)C2)c1C. The van der Waals surface area contributed by atoms with Crippen molar-refractivity contribution in [3.63, 3.8) is 0 Å².